The third-order valence-corrected chi connectivity index (χ3v) is 2.69. The lowest BCUT2D eigenvalue weighted by Gasteiger charge is -2.09. The van der Waals surface area contributed by atoms with Crippen LogP contribution in [0.5, 0.6) is 0 Å². The van der Waals surface area contributed by atoms with Crippen LogP contribution in [0.4, 0.5) is 0 Å². The summed E-state index contributed by atoms with van der Waals surface area (Å²) in [5, 5.41) is 8.20. The normalized spacial score (nSPS) is 28.5. The summed E-state index contributed by atoms with van der Waals surface area (Å²) in [6, 6.07) is 0.158. The number of rotatable bonds is 3. The average molecular weight is 248 g/mol. The molecule has 1 heterocycles. The zero-order valence-corrected chi connectivity index (χ0v) is 9.46. The first-order valence-corrected chi connectivity index (χ1v) is 5.72. The molecule has 2 atom stereocenters. The summed E-state index contributed by atoms with van der Waals surface area (Å²) >= 11 is 4.25. The van der Waals surface area contributed by atoms with Crippen molar-refractivity contribution in [2.45, 2.75) is 17.7 Å². The molecular formula is C5H14ClN3O2S2. The van der Waals surface area contributed by atoms with Crippen molar-refractivity contribution < 1.29 is 8.42 Å². The van der Waals surface area contributed by atoms with Crippen LogP contribution < -0.4 is 15.2 Å². The number of halogens is 1. The third kappa shape index (κ3) is 5.71. The first-order chi connectivity index (χ1) is 5.47. The smallest absolute Gasteiger partial charge is 0.274 e. The molecule has 0 saturated carbocycles. The zero-order valence-electron chi connectivity index (χ0n) is 6.93. The summed E-state index contributed by atoms with van der Waals surface area (Å²) in [7, 11) is -3.54. The number of thiol groups is 1. The van der Waals surface area contributed by atoms with Crippen molar-refractivity contribution in [3.63, 3.8) is 0 Å². The van der Waals surface area contributed by atoms with E-state index < -0.39 is 10.2 Å². The minimum Gasteiger partial charge on any atom is -0.312 e. The predicted molar refractivity (Wildman–Crippen MR) is 57.5 cm³/mol. The monoisotopic (exact) mass is 247 g/mol. The first kappa shape index (κ1) is 13.5. The Labute approximate surface area is 89.8 Å². The quantitative estimate of drug-likeness (QED) is 0.476. The Kier molecular flexibility index (Phi) is 5.57. The molecule has 1 aliphatic rings. The van der Waals surface area contributed by atoms with Crippen molar-refractivity contribution in [1.29, 1.82) is 0 Å². The molecule has 1 fully saturated rings. The summed E-state index contributed by atoms with van der Waals surface area (Å²) in [5.74, 6) is 0. The van der Waals surface area contributed by atoms with Crippen molar-refractivity contribution in [3.05, 3.63) is 0 Å². The molecule has 5 nitrogen and oxygen atoms in total. The second-order valence-electron chi connectivity index (χ2n) is 2.89. The molecule has 1 aliphatic heterocycles. The molecule has 1 rings (SSSR count). The highest BCUT2D eigenvalue weighted by molar-refractivity contribution is 7.87. The molecule has 0 bridgehead atoms. The van der Waals surface area contributed by atoms with Crippen LogP contribution in [0.15, 0.2) is 0 Å². The van der Waals surface area contributed by atoms with Gasteiger partial charge in [0.15, 0.2) is 0 Å². The lowest BCUT2D eigenvalue weighted by Crippen LogP contribution is -2.40. The molecule has 8 heteroatoms. The van der Waals surface area contributed by atoms with Gasteiger partial charge in [-0.3, -0.25) is 0 Å². The molecular weight excluding hydrogens is 234 g/mol. The molecule has 13 heavy (non-hydrogen) atoms. The van der Waals surface area contributed by atoms with Gasteiger partial charge in [-0.05, 0) is 6.42 Å². The molecule has 0 spiro atoms. The Morgan fingerprint density at radius 2 is 2.23 bits per heavy atom. The van der Waals surface area contributed by atoms with E-state index in [9.17, 15) is 8.42 Å². The van der Waals surface area contributed by atoms with Crippen LogP contribution >= 0.6 is 25.0 Å². The Morgan fingerprint density at radius 3 is 2.62 bits per heavy atom. The van der Waals surface area contributed by atoms with Gasteiger partial charge in [0.2, 0.25) is 0 Å². The SMILES string of the molecule is Cl.NS(=O)(=O)NC[C@@H]1C[C@H](S)CN1. The number of hydrogen-bond acceptors (Lipinski definition) is 4. The van der Waals surface area contributed by atoms with Crippen molar-refractivity contribution in [2.75, 3.05) is 13.1 Å². The van der Waals surface area contributed by atoms with Gasteiger partial charge in [0.1, 0.15) is 0 Å². The largest absolute Gasteiger partial charge is 0.312 e. The Bertz CT molecular complexity index is 246. The molecule has 0 unspecified atom stereocenters. The number of nitrogens with two attached hydrogens (primary N) is 1. The van der Waals surface area contributed by atoms with E-state index in [1.807, 2.05) is 0 Å². The fraction of sp³-hybridized carbons (Fsp3) is 1.00. The van der Waals surface area contributed by atoms with E-state index in [-0.39, 0.29) is 18.4 Å². The van der Waals surface area contributed by atoms with Crippen molar-refractivity contribution in [3.8, 4) is 0 Å². The summed E-state index contributed by atoms with van der Waals surface area (Å²) in [6.45, 7) is 1.16. The molecule has 0 aromatic carbocycles. The van der Waals surface area contributed by atoms with Gasteiger partial charge in [0.05, 0.1) is 0 Å². The summed E-state index contributed by atoms with van der Waals surface area (Å²) in [4.78, 5) is 0. The van der Waals surface area contributed by atoms with Gasteiger partial charge in [-0.2, -0.15) is 21.0 Å². The highest BCUT2D eigenvalue weighted by Crippen LogP contribution is 2.10. The number of nitrogens with one attached hydrogen (secondary N) is 2. The van der Waals surface area contributed by atoms with Gasteiger partial charge < -0.3 is 5.32 Å². The minimum absolute atomic E-state index is 0. The van der Waals surface area contributed by atoms with Crippen LogP contribution in [0.25, 0.3) is 0 Å². The Morgan fingerprint density at radius 1 is 1.62 bits per heavy atom. The molecule has 80 valence electrons. The second kappa shape index (κ2) is 5.38. The van der Waals surface area contributed by atoms with E-state index in [2.05, 4.69) is 22.7 Å². The second-order valence-corrected chi connectivity index (χ2v) is 5.00. The number of hydrogen-bond donors (Lipinski definition) is 4. The molecule has 4 N–H and O–H groups in total. The van der Waals surface area contributed by atoms with Crippen molar-refractivity contribution in [1.82, 2.24) is 10.0 Å². The molecule has 0 aliphatic carbocycles. The maximum Gasteiger partial charge on any atom is 0.274 e. The van der Waals surface area contributed by atoms with E-state index in [0.29, 0.717) is 11.8 Å². The van der Waals surface area contributed by atoms with Gasteiger partial charge in [0.25, 0.3) is 10.2 Å². The van der Waals surface area contributed by atoms with Gasteiger partial charge in [-0.15, -0.1) is 12.4 Å². The Hall–Kier alpha value is 0.470. The van der Waals surface area contributed by atoms with E-state index in [4.69, 9.17) is 5.14 Å². The zero-order chi connectivity index (χ0) is 9.19. The minimum atomic E-state index is -3.54. The summed E-state index contributed by atoms with van der Waals surface area (Å²) < 4.78 is 23.2. The lowest BCUT2D eigenvalue weighted by molar-refractivity contribution is 0.553. The molecule has 1 saturated heterocycles. The maximum atomic E-state index is 10.5. The highest BCUT2D eigenvalue weighted by atomic mass is 35.5. The van der Waals surface area contributed by atoms with Crippen LogP contribution in [0.1, 0.15) is 6.42 Å². The van der Waals surface area contributed by atoms with E-state index in [0.717, 1.165) is 13.0 Å². The summed E-state index contributed by atoms with van der Waals surface area (Å²) in [5.41, 5.74) is 0. The molecule has 0 aromatic heterocycles. The first-order valence-electron chi connectivity index (χ1n) is 3.66. The lowest BCUT2D eigenvalue weighted by atomic mass is 10.2. The van der Waals surface area contributed by atoms with E-state index in [1.165, 1.54) is 0 Å². The van der Waals surface area contributed by atoms with E-state index >= 15 is 0 Å². The Balaban J connectivity index is 0.00000144. The van der Waals surface area contributed by atoms with Crippen LogP contribution in [0.2, 0.25) is 0 Å². The van der Waals surface area contributed by atoms with Crippen LogP contribution in [0, 0.1) is 0 Å². The molecule has 0 amide bonds. The average Bonchev–Trinajstić information content (AvgIpc) is 2.30. The molecule has 0 aromatic rings. The van der Waals surface area contributed by atoms with Crippen LogP contribution in [0.3, 0.4) is 0 Å². The van der Waals surface area contributed by atoms with Crippen molar-refractivity contribution in [2.24, 2.45) is 5.14 Å². The van der Waals surface area contributed by atoms with Gasteiger partial charge >= 0.3 is 0 Å². The van der Waals surface area contributed by atoms with Gasteiger partial charge in [-0.1, -0.05) is 0 Å². The highest BCUT2D eigenvalue weighted by Gasteiger charge is 2.21. The summed E-state index contributed by atoms with van der Waals surface area (Å²) in [6.07, 6.45) is 0.867. The van der Waals surface area contributed by atoms with Gasteiger partial charge in [0, 0.05) is 24.4 Å². The predicted octanol–water partition coefficient (Wildman–Crippen LogP) is -1.14. The standard InChI is InChI=1S/C5H13N3O2S2.ClH/c6-12(9,10)8-2-4-1-5(11)3-7-4;/h4-5,7-8,11H,1-3H2,(H2,6,9,10);1H/t4-,5-;/m0./s1. The van der Waals surface area contributed by atoms with E-state index in [1.54, 1.807) is 0 Å². The third-order valence-electron chi connectivity index (χ3n) is 1.73. The maximum absolute atomic E-state index is 10.5. The topological polar surface area (TPSA) is 84.2 Å². The molecule has 0 radical (unpaired) electrons. The van der Waals surface area contributed by atoms with Crippen molar-refractivity contribution >= 4 is 35.2 Å². The van der Waals surface area contributed by atoms with Crippen LogP contribution in [-0.4, -0.2) is 32.8 Å². The van der Waals surface area contributed by atoms with Gasteiger partial charge in [-0.25, -0.2) is 9.86 Å². The fourth-order valence-corrected chi connectivity index (χ4v) is 1.96. The van der Waals surface area contributed by atoms with Crippen LogP contribution in [-0.2, 0) is 10.2 Å². The fourth-order valence-electron chi connectivity index (χ4n) is 1.17.